The van der Waals surface area contributed by atoms with Crippen molar-refractivity contribution in [2.75, 3.05) is 6.61 Å². The van der Waals surface area contributed by atoms with Crippen LogP contribution >= 0.6 is 0 Å². The summed E-state index contributed by atoms with van der Waals surface area (Å²) in [5.41, 5.74) is 6.40. The van der Waals surface area contributed by atoms with Crippen molar-refractivity contribution in [3.63, 3.8) is 0 Å². The van der Waals surface area contributed by atoms with Gasteiger partial charge in [-0.05, 0) is 18.4 Å². The summed E-state index contributed by atoms with van der Waals surface area (Å²) in [4.78, 5) is 7.89. The first-order valence-electron chi connectivity index (χ1n) is 6.13. The molecule has 110 valence electrons. The van der Waals surface area contributed by atoms with E-state index >= 15 is 0 Å². The van der Waals surface area contributed by atoms with E-state index < -0.39 is 12.8 Å². The number of halogens is 3. The molecule has 0 atom stereocenters. The summed E-state index contributed by atoms with van der Waals surface area (Å²) in [5.74, 6) is 0.295. The lowest BCUT2D eigenvalue weighted by molar-refractivity contribution is -0.154. The lowest BCUT2D eigenvalue weighted by Gasteiger charge is -2.08. The van der Waals surface area contributed by atoms with Crippen LogP contribution in [0.2, 0.25) is 0 Å². The molecule has 20 heavy (non-hydrogen) atoms. The number of aromatic nitrogens is 1. The van der Waals surface area contributed by atoms with E-state index in [9.17, 15) is 13.2 Å². The van der Waals surface area contributed by atoms with Crippen molar-refractivity contribution in [3.8, 4) is 5.88 Å². The van der Waals surface area contributed by atoms with Crippen LogP contribution in [0, 0.1) is 0 Å². The van der Waals surface area contributed by atoms with Gasteiger partial charge < -0.3 is 15.8 Å². The number of pyridine rings is 1. The van der Waals surface area contributed by atoms with Crippen LogP contribution in [0.3, 0.4) is 0 Å². The van der Waals surface area contributed by atoms with Crippen molar-refractivity contribution in [3.05, 3.63) is 23.9 Å². The maximum absolute atomic E-state index is 11.9. The van der Waals surface area contributed by atoms with Gasteiger partial charge in [-0.25, -0.2) is 9.98 Å². The van der Waals surface area contributed by atoms with Gasteiger partial charge in [0.2, 0.25) is 5.88 Å². The number of hydrogen-bond acceptors (Lipinski definition) is 3. The van der Waals surface area contributed by atoms with Crippen molar-refractivity contribution in [1.82, 2.24) is 10.3 Å². The highest BCUT2D eigenvalue weighted by molar-refractivity contribution is 5.78. The van der Waals surface area contributed by atoms with Crippen molar-refractivity contribution in [2.45, 2.75) is 31.6 Å². The Balaban J connectivity index is 1.81. The van der Waals surface area contributed by atoms with Crippen LogP contribution in [0.1, 0.15) is 18.4 Å². The largest absolute Gasteiger partial charge is 0.468 e. The number of aliphatic imine (C=N–C) groups is 1. The van der Waals surface area contributed by atoms with Gasteiger partial charge in [0.05, 0.1) is 6.54 Å². The Morgan fingerprint density at radius 3 is 2.75 bits per heavy atom. The van der Waals surface area contributed by atoms with E-state index in [4.69, 9.17) is 5.73 Å². The highest BCUT2D eigenvalue weighted by Gasteiger charge is 2.28. The third-order valence-corrected chi connectivity index (χ3v) is 2.54. The van der Waals surface area contributed by atoms with Crippen LogP contribution in [0.15, 0.2) is 23.3 Å². The highest BCUT2D eigenvalue weighted by Crippen LogP contribution is 2.18. The second-order valence-corrected chi connectivity index (χ2v) is 4.53. The van der Waals surface area contributed by atoms with Gasteiger partial charge >= 0.3 is 6.18 Å². The number of rotatable bonds is 5. The fourth-order valence-electron chi connectivity index (χ4n) is 1.40. The number of guanidine groups is 1. The minimum atomic E-state index is -4.37. The molecule has 0 spiro atoms. The summed E-state index contributed by atoms with van der Waals surface area (Å²) >= 11 is 0. The van der Waals surface area contributed by atoms with Gasteiger partial charge in [-0.15, -0.1) is 0 Å². The second kappa shape index (κ2) is 5.98. The molecule has 0 aromatic carbocycles. The van der Waals surface area contributed by atoms with Gasteiger partial charge in [0.1, 0.15) is 0 Å². The van der Waals surface area contributed by atoms with Crippen LogP contribution in [0.5, 0.6) is 5.88 Å². The monoisotopic (exact) mass is 288 g/mol. The van der Waals surface area contributed by atoms with E-state index in [0.29, 0.717) is 18.5 Å². The predicted molar refractivity (Wildman–Crippen MR) is 67.3 cm³/mol. The molecule has 1 saturated carbocycles. The van der Waals surface area contributed by atoms with Gasteiger partial charge in [0, 0.05) is 18.3 Å². The van der Waals surface area contributed by atoms with E-state index in [1.807, 2.05) is 0 Å². The van der Waals surface area contributed by atoms with Crippen LogP contribution in [0.4, 0.5) is 13.2 Å². The molecule has 1 heterocycles. The molecule has 3 N–H and O–H groups in total. The minimum absolute atomic E-state index is 0.0702. The van der Waals surface area contributed by atoms with Crippen LogP contribution < -0.4 is 15.8 Å². The molecule has 0 radical (unpaired) electrons. The fraction of sp³-hybridized carbons (Fsp3) is 0.500. The first-order valence-corrected chi connectivity index (χ1v) is 6.13. The van der Waals surface area contributed by atoms with E-state index in [1.54, 1.807) is 6.07 Å². The molecular formula is C12H15F3N4O. The Morgan fingerprint density at radius 1 is 1.45 bits per heavy atom. The molecule has 2 rings (SSSR count). The Morgan fingerprint density at radius 2 is 2.20 bits per heavy atom. The normalized spacial score (nSPS) is 16.1. The Bertz CT molecular complexity index is 469. The highest BCUT2D eigenvalue weighted by atomic mass is 19.4. The molecular weight excluding hydrogens is 273 g/mol. The molecule has 1 aromatic rings. The molecule has 1 aliphatic carbocycles. The third-order valence-electron chi connectivity index (χ3n) is 2.54. The molecule has 0 bridgehead atoms. The van der Waals surface area contributed by atoms with Gasteiger partial charge in [-0.1, -0.05) is 6.07 Å². The van der Waals surface area contributed by atoms with E-state index in [1.165, 1.54) is 12.3 Å². The molecule has 1 aromatic heterocycles. The Kier molecular flexibility index (Phi) is 4.31. The number of hydrogen-bond donors (Lipinski definition) is 2. The van der Waals surface area contributed by atoms with Gasteiger partial charge in [0.25, 0.3) is 0 Å². The van der Waals surface area contributed by atoms with Crippen LogP contribution in [0.25, 0.3) is 0 Å². The van der Waals surface area contributed by atoms with Crippen molar-refractivity contribution >= 4 is 5.96 Å². The molecule has 1 aliphatic rings. The zero-order valence-electron chi connectivity index (χ0n) is 10.7. The topological polar surface area (TPSA) is 72.5 Å². The molecule has 0 amide bonds. The summed E-state index contributed by atoms with van der Waals surface area (Å²) in [6, 6.07) is 3.41. The van der Waals surface area contributed by atoms with Crippen LogP contribution in [-0.4, -0.2) is 29.8 Å². The summed E-state index contributed by atoms with van der Waals surface area (Å²) in [7, 11) is 0. The van der Waals surface area contributed by atoms with Gasteiger partial charge in [-0.2, -0.15) is 13.2 Å². The third kappa shape index (κ3) is 5.33. The molecule has 0 aliphatic heterocycles. The van der Waals surface area contributed by atoms with Gasteiger partial charge in [0.15, 0.2) is 12.6 Å². The van der Waals surface area contributed by atoms with Crippen LogP contribution in [-0.2, 0) is 6.54 Å². The summed E-state index contributed by atoms with van der Waals surface area (Å²) in [6.45, 7) is -1.03. The zero-order chi connectivity index (χ0) is 14.6. The first-order chi connectivity index (χ1) is 9.42. The average Bonchev–Trinajstić information content (AvgIpc) is 3.18. The van der Waals surface area contributed by atoms with Crippen molar-refractivity contribution in [2.24, 2.45) is 10.7 Å². The molecule has 8 heteroatoms. The molecule has 0 saturated heterocycles. The number of nitrogens with zero attached hydrogens (tertiary/aromatic N) is 2. The fourth-order valence-corrected chi connectivity index (χ4v) is 1.40. The lowest BCUT2D eigenvalue weighted by Crippen LogP contribution is -2.33. The van der Waals surface area contributed by atoms with E-state index in [0.717, 1.165) is 18.4 Å². The summed E-state index contributed by atoms with van der Waals surface area (Å²) in [5, 5.41) is 3.03. The predicted octanol–water partition coefficient (Wildman–Crippen LogP) is 1.59. The summed E-state index contributed by atoms with van der Waals surface area (Å²) in [6.07, 6.45) is -0.751. The van der Waals surface area contributed by atoms with E-state index in [-0.39, 0.29) is 5.88 Å². The maximum Gasteiger partial charge on any atom is 0.422 e. The summed E-state index contributed by atoms with van der Waals surface area (Å²) < 4.78 is 40.3. The smallest absolute Gasteiger partial charge is 0.422 e. The first kappa shape index (κ1) is 14.4. The number of nitrogens with one attached hydrogen (secondary N) is 1. The molecule has 0 unspecified atom stereocenters. The van der Waals surface area contributed by atoms with Crippen molar-refractivity contribution < 1.29 is 17.9 Å². The lowest BCUT2D eigenvalue weighted by atomic mass is 10.3. The number of alkyl halides is 3. The SMILES string of the molecule is NC(=NCc1ccc(OCC(F)(F)F)nc1)NC1CC1. The number of ether oxygens (including phenoxy) is 1. The van der Waals surface area contributed by atoms with Crippen molar-refractivity contribution in [1.29, 1.82) is 0 Å². The Labute approximate surface area is 114 Å². The zero-order valence-corrected chi connectivity index (χ0v) is 10.7. The maximum atomic E-state index is 11.9. The average molecular weight is 288 g/mol. The number of nitrogens with two attached hydrogens (primary N) is 1. The van der Waals surface area contributed by atoms with E-state index in [2.05, 4.69) is 20.0 Å². The quantitative estimate of drug-likeness (QED) is 0.637. The molecule has 5 nitrogen and oxygen atoms in total. The minimum Gasteiger partial charge on any atom is -0.468 e. The second-order valence-electron chi connectivity index (χ2n) is 4.53. The molecule has 1 fully saturated rings. The standard InChI is InChI=1S/C12H15F3N4O/c13-12(14,15)7-20-10-4-1-8(5-17-10)6-18-11(16)19-9-2-3-9/h1,4-5,9H,2-3,6-7H2,(H3,16,18,19). The van der Waals surface area contributed by atoms with Gasteiger partial charge in [-0.3, -0.25) is 0 Å². The Hall–Kier alpha value is -1.99.